The zero-order valence-electron chi connectivity index (χ0n) is 13.8. The lowest BCUT2D eigenvalue weighted by molar-refractivity contribution is -0.141. The van der Waals surface area contributed by atoms with Crippen LogP contribution in [0, 0.1) is 0 Å². The average Bonchev–Trinajstić information content (AvgIpc) is 3.17. The number of carbonyl (C=O) groups is 2. The molecule has 0 radical (unpaired) electrons. The van der Waals surface area contributed by atoms with Gasteiger partial charge < -0.3 is 14.7 Å². The molecule has 24 heavy (non-hydrogen) atoms. The Morgan fingerprint density at radius 2 is 2.12 bits per heavy atom. The minimum atomic E-state index is -1.02. The number of carboxylic acids is 1. The zero-order chi connectivity index (χ0) is 17.4. The van der Waals surface area contributed by atoms with E-state index in [1.54, 1.807) is 16.9 Å². The summed E-state index contributed by atoms with van der Waals surface area (Å²) in [6.07, 6.45) is 3.16. The number of pyridine rings is 1. The molecule has 1 N–H and O–H groups in total. The lowest BCUT2D eigenvalue weighted by Crippen LogP contribution is -2.40. The number of likely N-dealkylation sites (tertiary alicyclic amines) is 1. The van der Waals surface area contributed by atoms with E-state index in [2.05, 4.69) is 10.1 Å². The van der Waals surface area contributed by atoms with Gasteiger partial charge in [0.2, 0.25) is 0 Å². The molecule has 8 nitrogen and oxygen atoms in total. The van der Waals surface area contributed by atoms with Gasteiger partial charge in [0.05, 0.1) is 17.9 Å². The van der Waals surface area contributed by atoms with Crippen molar-refractivity contribution < 1.29 is 19.4 Å². The predicted molar refractivity (Wildman–Crippen MR) is 85.8 cm³/mol. The van der Waals surface area contributed by atoms with Gasteiger partial charge in [0.15, 0.2) is 5.65 Å². The molecule has 1 aliphatic heterocycles. The second kappa shape index (κ2) is 6.20. The number of rotatable bonds is 4. The molecule has 0 saturated carbocycles. The van der Waals surface area contributed by atoms with E-state index in [1.807, 2.05) is 13.8 Å². The maximum atomic E-state index is 12.7. The fraction of sp³-hybridized carbons (Fsp3) is 0.500. The maximum absolute atomic E-state index is 12.7. The van der Waals surface area contributed by atoms with E-state index < -0.39 is 12.0 Å². The van der Waals surface area contributed by atoms with Crippen LogP contribution >= 0.6 is 0 Å². The van der Waals surface area contributed by atoms with Crippen molar-refractivity contribution in [1.29, 1.82) is 0 Å². The summed E-state index contributed by atoms with van der Waals surface area (Å²) < 4.78 is 7.00. The van der Waals surface area contributed by atoms with Crippen LogP contribution in [0.5, 0.6) is 0 Å². The molecule has 2 atom stereocenters. The largest absolute Gasteiger partial charge is 0.480 e. The van der Waals surface area contributed by atoms with Crippen molar-refractivity contribution in [2.45, 2.75) is 38.5 Å². The number of amides is 1. The number of methoxy groups -OCH3 is 1. The van der Waals surface area contributed by atoms with E-state index >= 15 is 0 Å². The highest BCUT2D eigenvalue weighted by Crippen LogP contribution is 2.24. The van der Waals surface area contributed by atoms with E-state index in [0.717, 1.165) is 5.39 Å². The molecule has 0 bridgehead atoms. The topological polar surface area (TPSA) is 97.6 Å². The molecule has 1 fully saturated rings. The Labute approximate surface area is 139 Å². The van der Waals surface area contributed by atoms with Crippen LogP contribution in [0.4, 0.5) is 0 Å². The first-order valence-corrected chi connectivity index (χ1v) is 7.82. The number of carboxylic acid groups (broad SMARTS) is 1. The van der Waals surface area contributed by atoms with Gasteiger partial charge in [-0.15, -0.1) is 0 Å². The number of hydrogen-bond acceptors (Lipinski definition) is 5. The van der Waals surface area contributed by atoms with Crippen LogP contribution in [0.1, 0.15) is 36.7 Å². The van der Waals surface area contributed by atoms with Crippen molar-refractivity contribution in [2.24, 2.45) is 0 Å². The molecule has 2 aromatic heterocycles. The van der Waals surface area contributed by atoms with Crippen LogP contribution in [0.3, 0.4) is 0 Å². The summed E-state index contributed by atoms with van der Waals surface area (Å²) in [4.78, 5) is 29.8. The van der Waals surface area contributed by atoms with Gasteiger partial charge in [-0.3, -0.25) is 4.79 Å². The summed E-state index contributed by atoms with van der Waals surface area (Å²) in [5.41, 5.74) is 1.06. The van der Waals surface area contributed by atoms with Gasteiger partial charge in [0.25, 0.3) is 5.91 Å². The Hall–Kier alpha value is -2.48. The van der Waals surface area contributed by atoms with Gasteiger partial charge in [-0.05, 0) is 19.9 Å². The molecular weight excluding hydrogens is 312 g/mol. The first kappa shape index (κ1) is 16.4. The normalized spacial score (nSPS) is 20.9. The quantitative estimate of drug-likeness (QED) is 0.907. The number of hydrogen-bond donors (Lipinski definition) is 1. The third kappa shape index (κ3) is 2.73. The molecule has 128 valence electrons. The molecule has 8 heteroatoms. The number of nitrogens with zero attached hydrogens (tertiary/aromatic N) is 4. The van der Waals surface area contributed by atoms with Crippen LogP contribution < -0.4 is 0 Å². The molecular formula is C16H20N4O4. The summed E-state index contributed by atoms with van der Waals surface area (Å²) in [6.45, 7) is 4.26. The monoisotopic (exact) mass is 332 g/mol. The number of aliphatic carboxylic acids is 1. The highest BCUT2D eigenvalue weighted by atomic mass is 16.5. The minimum absolute atomic E-state index is 0.161. The fourth-order valence-corrected chi connectivity index (χ4v) is 3.03. The van der Waals surface area contributed by atoms with E-state index in [-0.39, 0.29) is 24.6 Å². The Bertz CT molecular complexity index is 785. The number of aromatic nitrogens is 3. The zero-order valence-corrected chi connectivity index (χ0v) is 13.8. The van der Waals surface area contributed by atoms with Crippen LogP contribution in [-0.4, -0.2) is 62.4 Å². The molecule has 3 heterocycles. The third-order valence-corrected chi connectivity index (χ3v) is 4.31. The molecule has 1 saturated heterocycles. The minimum Gasteiger partial charge on any atom is -0.480 e. The Morgan fingerprint density at radius 3 is 2.75 bits per heavy atom. The van der Waals surface area contributed by atoms with Gasteiger partial charge >= 0.3 is 5.97 Å². The van der Waals surface area contributed by atoms with E-state index in [9.17, 15) is 14.7 Å². The van der Waals surface area contributed by atoms with Crippen LogP contribution in [0.25, 0.3) is 11.0 Å². The Kier molecular flexibility index (Phi) is 4.23. The second-order valence-corrected chi connectivity index (χ2v) is 6.22. The summed E-state index contributed by atoms with van der Waals surface area (Å²) in [5.74, 6) is -1.38. The van der Waals surface area contributed by atoms with E-state index in [1.165, 1.54) is 18.2 Å². The summed E-state index contributed by atoms with van der Waals surface area (Å²) in [5, 5.41) is 14.4. The van der Waals surface area contributed by atoms with Crippen molar-refractivity contribution in [3.05, 3.63) is 24.0 Å². The third-order valence-electron chi connectivity index (χ3n) is 4.31. The van der Waals surface area contributed by atoms with Crippen molar-refractivity contribution in [2.75, 3.05) is 13.7 Å². The summed E-state index contributed by atoms with van der Waals surface area (Å²) >= 11 is 0. The SMILES string of the molecule is COC1CC(C(=O)O)N(C(=O)c2cnc3c(cnn3C(C)C)c2)C1. The fourth-order valence-electron chi connectivity index (χ4n) is 3.03. The highest BCUT2D eigenvalue weighted by Gasteiger charge is 2.40. The lowest BCUT2D eigenvalue weighted by atomic mass is 10.1. The second-order valence-electron chi connectivity index (χ2n) is 6.22. The predicted octanol–water partition coefficient (Wildman–Crippen LogP) is 1.33. The van der Waals surface area contributed by atoms with Gasteiger partial charge in [-0.25, -0.2) is 14.5 Å². The highest BCUT2D eigenvalue weighted by molar-refractivity contribution is 5.99. The molecule has 2 unspecified atom stereocenters. The molecule has 0 aromatic carbocycles. The molecule has 0 aliphatic carbocycles. The van der Waals surface area contributed by atoms with Gasteiger partial charge in [0.1, 0.15) is 6.04 Å². The first-order chi connectivity index (χ1) is 11.4. The molecule has 1 aliphatic rings. The lowest BCUT2D eigenvalue weighted by Gasteiger charge is -2.21. The van der Waals surface area contributed by atoms with E-state index in [0.29, 0.717) is 17.6 Å². The number of ether oxygens (including phenoxy) is 1. The van der Waals surface area contributed by atoms with Crippen LogP contribution in [0.2, 0.25) is 0 Å². The van der Waals surface area contributed by atoms with Gasteiger partial charge in [-0.2, -0.15) is 5.10 Å². The maximum Gasteiger partial charge on any atom is 0.326 e. The summed E-state index contributed by atoms with van der Waals surface area (Å²) in [6, 6.07) is 0.987. The molecule has 0 spiro atoms. The van der Waals surface area contributed by atoms with Crippen LogP contribution in [-0.2, 0) is 9.53 Å². The number of fused-ring (bicyclic) bond motifs is 1. The van der Waals surface area contributed by atoms with Crippen molar-refractivity contribution in [3.8, 4) is 0 Å². The Balaban J connectivity index is 1.92. The van der Waals surface area contributed by atoms with Gasteiger partial charge in [0, 0.05) is 37.7 Å². The van der Waals surface area contributed by atoms with Gasteiger partial charge in [-0.1, -0.05) is 0 Å². The average molecular weight is 332 g/mol. The first-order valence-electron chi connectivity index (χ1n) is 7.82. The van der Waals surface area contributed by atoms with Crippen molar-refractivity contribution in [3.63, 3.8) is 0 Å². The number of carbonyl (C=O) groups excluding carboxylic acids is 1. The smallest absolute Gasteiger partial charge is 0.326 e. The standard InChI is InChI=1S/C16H20N4O4/c1-9(2)20-14-10(7-18-20)4-11(6-17-14)15(21)19-8-12(24-3)5-13(19)16(22)23/h4,6-7,9,12-13H,5,8H2,1-3H3,(H,22,23). The molecule has 2 aromatic rings. The van der Waals surface area contributed by atoms with Crippen molar-refractivity contribution in [1.82, 2.24) is 19.7 Å². The Morgan fingerprint density at radius 1 is 1.38 bits per heavy atom. The van der Waals surface area contributed by atoms with Crippen LogP contribution in [0.15, 0.2) is 18.5 Å². The molecule has 3 rings (SSSR count). The van der Waals surface area contributed by atoms with Crippen molar-refractivity contribution >= 4 is 22.9 Å². The van der Waals surface area contributed by atoms with E-state index in [4.69, 9.17) is 4.74 Å². The molecule has 1 amide bonds. The summed E-state index contributed by atoms with van der Waals surface area (Å²) in [7, 11) is 1.52.